The van der Waals surface area contributed by atoms with Crippen LogP contribution in [0.5, 0.6) is 0 Å². The second kappa shape index (κ2) is 14.6. The number of benzene rings is 3. The number of aryl methyl sites for hydroxylation is 1. The number of nitrogens with two attached hydrogens (primary N) is 1. The molecule has 0 bridgehead atoms. The van der Waals surface area contributed by atoms with E-state index in [0.717, 1.165) is 23.1 Å². The minimum Gasteiger partial charge on any atom is -0.480 e. The number of hydrogen-bond acceptors (Lipinski definition) is 8. The summed E-state index contributed by atoms with van der Waals surface area (Å²) in [4.78, 5) is 11.6. The predicted octanol–water partition coefficient (Wildman–Crippen LogP) is 2.46. The van der Waals surface area contributed by atoms with Crippen LogP contribution in [0.4, 0.5) is 0 Å². The molecule has 0 amide bonds. The van der Waals surface area contributed by atoms with E-state index in [-0.39, 0.29) is 0 Å². The fourth-order valence-electron chi connectivity index (χ4n) is 4.35. The lowest BCUT2D eigenvalue weighted by atomic mass is 9.89. The highest BCUT2D eigenvalue weighted by molar-refractivity contribution is 7.98. The van der Waals surface area contributed by atoms with E-state index >= 15 is 0 Å². The highest BCUT2D eigenvalue weighted by Gasteiger charge is 2.43. The Morgan fingerprint density at radius 3 is 2.21 bits per heavy atom. The van der Waals surface area contributed by atoms with Gasteiger partial charge in [0.15, 0.2) is 0 Å². The molecule has 0 spiro atoms. The van der Waals surface area contributed by atoms with Crippen molar-refractivity contribution in [3.8, 4) is 0 Å². The van der Waals surface area contributed by atoms with Crippen molar-refractivity contribution in [3.63, 3.8) is 0 Å². The summed E-state index contributed by atoms with van der Waals surface area (Å²) in [7, 11) is 0. The van der Waals surface area contributed by atoms with Crippen LogP contribution in [0.15, 0.2) is 77.7 Å². The van der Waals surface area contributed by atoms with Crippen molar-refractivity contribution in [1.82, 2.24) is 0 Å². The third-order valence-electron chi connectivity index (χ3n) is 6.76. The number of thioether (sulfide) groups is 1. The van der Waals surface area contributed by atoms with Gasteiger partial charge >= 0.3 is 5.97 Å². The Morgan fingerprint density at radius 1 is 0.949 bits per heavy atom. The molecule has 210 valence electrons. The SMILES string of the molecule is CSc1ccc(Cc2cc(C3OC(CO)C(O)C(O)C3O)ccc2C)cc1.N[C@@H](Cc1ccccc1)C(=O)O. The first-order valence-corrected chi connectivity index (χ1v) is 13.9. The van der Waals surface area contributed by atoms with Crippen LogP contribution in [-0.4, -0.2) is 74.8 Å². The highest BCUT2D eigenvalue weighted by Crippen LogP contribution is 2.33. The highest BCUT2D eigenvalue weighted by atomic mass is 32.2. The summed E-state index contributed by atoms with van der Waals surface area (Å²) in [5, 5.41) is 48.3. The number of rotatable bonds is 8. The summed E-state index contributed by atoms with van der Waals surface area (Å²) in [5.74, 6) is -0.959. The van der Waals surface area contributed by atoms with Crippen molar-refractivity contribution in [2.24, 2.45) is 5.73 Å². The van der Waals surface area contributed by atoms with Gasteiger partial charge in [-0.2, -0.15) is 0 Å². The third kappa shape index (κ3) is 8.36. The minimum absolute atomic E-state index is 0.385. The standard InChI is InChI=1S/C21H26O5S.C9H11NO2/c1-12-3-6-14(21-20(25)19(24)18(23)17(11-22)26-21)10-15(12)9-13-4-7-16(27-2)8-5-13;10-8(9(11)12)6-7-4-2-1-3-5-7/h3-8,10,17-25H,9,11H2,1-2H3;1-5,8H,6,10H2,(H,11,12)/t;8-/m.0/s1. The molecule has 6 atom stereocenters. The van der Waals surface area contributed by atoms with Crippen molar-refractivity contribution >= 4 is 17.7 Å². The van der Waals surface area contributed by atoms with Gasteiger partial charge < -0.3 is 36.0 Å². The second-order valence-electron chi connectivity index (χ2n) is 9.59. The molecule has 1 heterocycles. The van der Waals surface area contributed by atoms with E-state index in [0.29, 0.717) is 12.0 Å². The van der Waals surface area contributed by atoms with Crippen LogP contribution in [0.1, 0.15) is 33.9 Å². The largest absolute Gasteiger partial charge is 0.480 e. The molecule has 8 nitrogen and oxygen atoms in total. The molecular formula is C30H37NO7S. The van der Waals surface area contributed by atoms with Gasteiger partial charge in [0.25, 0.3) is 0 Å². The van der Waals surface area contributed by atoms with Gasteiger partial charge in [-0.3, -0.25) is 4.79 Å². The average molecular weight is 556 g/mol. The summed E-state index contributed by atoms with van der Waals surface area (Å²) in [6, 6.07) is 22.7. The maximum absolute atomic E-state index is 10.4. The van der Waals surface area contributed by atoms with E-state index in [9.17, 15) is 25.2 Å². The lowest BCUT2D eigenvalue weighted by Gasteiger charge is -2.40. The number of carbonyl (C=O) groups is 1. The molecule has 7 N–H and O–H groups in total. The van der Waals surface area contributed by atoms with Crippen LogP contribution in [0.2, 0.25) is 0 Å². The zero-order valence-electron chi connectivity index (χ0n) is 22.1. The molecule has 9 heteroatoms. The number of aliphatic hydroxyl groups excluding tert-OH is 4. The number of aliphatic carboxylic acids is 1. The average Bonchev–Trinajstić information content (AvgIpc) is 2.94. The van der Waals surface area contributed by atoms with Crippen LogP contribution in [-0.2, 0) is 22.4 Å². The van der Waals surface area contributed by atoms with Crippen LogP contribution < -0.4 is 5.73 Å². The molecule has 1 aliphatic heterocycles. The van der Waals surface area contributed by atoms with Crippen LogP contribution >= 0.6 is 11.8 Å². The van der Waals surface area contributed by atoms with Crippen molar-refractivity contribution in [2.45, 2.75) is 61.2 Å². The first kappa shape index (κ1) is 30.8. The smallest absolute Gasteiger partial charge is 0.320 e. The summed E-state index contributed by atoms with van der Waals surface area (Å²) in [6.45, 7) is 1.60. The zero-order valence-corrected chi connectivity index (χ0v) is 22.9. The Hall–Kier alpha value is -2.76. The third-order valence-corrected chi connectivity index (χ3v) is 7.51. The lowest BCUT2D eigenvalue weighted by Crippen LogP contribution is -2.55. The topological polar surface area (TPSA) is 153 Å². The van der Waals surface area contributed by atoms with Crippen LogP contribution in [0, 0.1) is 6.92 Å². The summed E-state index contributed by atoms with van der Waals surface area (Å²) in [5.41, 5.74) is 10.4. The molecule has 1 saturated heterocycles. The van der Waals surface area contributed by atoms with Crippen LogP contribution in [0.3, 0.4) is 0 Å². The molecule has 39 heavy (non-hydrogen) atoms. The fourth-order valence-corrected chi connectivity index (χ4v) is 4.76. The van der Waals surface area contributed by atoms with Crippen molar-refractivity contribution in [1.29, 1.82) is 0 Å². The summed E-state index contributed by atoms with van der Waals surface area (Å²) in [6.07, 6.45) is -2.52. The summed E-state index contributed by atoms with van der Waals surface area (Å²) < 4.78 is 5.68. The molecule has 4 rings (SSSR count). The second-order valence-corrected chi connectivity index (χ2v) is 10.5. The molecule has 3 aromatic rings. The number of carboxylic acid groups (broad SMARTS) is 1. The van der Waals surface area contributed by atoms with Gasteiger partial charge in [-0.25, -0.2) is 0 Å². The van der Waals surface area contributed by atoms with E-state index < -0.39 is 49.1 Å². The fraction of sp³-hybridized carbons (Fsp3) is 0.367. The maximum atomic E-state index is 10.4. The monoisotopic (exact) mass is 555 g/mol. The number of carboxylic acids is 1. The lowest BCUT2D eigenvalue weighted by molar-refractivity contribution is -0.231. The molecule has 0 saturated carbocycles. The first-order chi connectivity index (χ1) is 18.6. The molecular weight excluding hydrogens is 518 g/mol. The number of aliphatic hydroxyl groups is 4. The van der Waals surface area contributed by atoms with Gasteiger partial charge in [0, 0.05) is 4.90 Å². The maximum Gasteiger partial charge on any atom is 0.320 e. The molecule has 1 aliphatic rings. The number of ether oxygens (including phenoxy) is 1. The molecule has 3 aromatic carbocycles. The van der Waals surface area contributed by atoms with Crippen LogP contribution in [0.25, 0.3) is 0 Å². The van der Waals surface area contributed by atoms with Gasteiger partial charge in [-0.05, 0) is 66.0 Å². The van der Waals surface area contributed by atoms with E-state index in [1.165, 1.54) is 10.5 Å². The Morgan fingerprint density at radius 2 is 1.62 bits per heavy atom. The van der Waals surface area contributed by atoms with Gasteiger partial charge in [-0.15, -0.1) is 11.8 Å². The van der Waals surface area contributed by atoms with Gasteiger partial charge in [-0.1, -0.05) is 60.7 Å². The predicted molar refractivity (Wildman–Crippen MR) is 151 cm³/mol. The Labute approximate surface area is 233 Å². The van der Waals surface area contributed by atoms with Gasteiger partial charge in [0.1, 0.15) is 36.6 Å². The normalized spacial score (nSPS) is 23.4. The Kier molecular flexibility index (Phi) is 11.5. The van der Waals surface area contributed by atoms with Gasteiger partial charge in [0.05, 0.1) is 6.61 Å². The Bertz CT molecular complexity index is 1190. The molecule has 1 fully saturated rings. The quantitative estimate of drug-likeness (QED) is 0.230. The molecule has 5 unspecified atom stereocenters. The molecule has 0 aromatic heterocycles. The van der Waals surface area contributed by atoms with E-state index in [1.54, 1.807) is 11.8 Å². The van der Waals surface area contributed by atoms with E-state index in [1.807, 2.05) is 61.7 Å². The van der Waals surface area contributed by atoms with Gasteiger partial charge in [0.2, 0.25) is 0 Å². The van der Waals surface area contributed by atoms with Crippen molar-refractivity contribution in [2.75, 3.05) is 12.9 Å². The molecule has 0 aliphatic carbocycles. The zero-order chi connectivity index (χ0) is 28.5. The van der Waals surface area contributed by atoms with E-state index in [2.05, 4.69) is 24.3 Å². The first-order valence-electron chi connectivity index (χ1n) is 12.7. The van der Waals surface area contributed by atoms with E-state index in [4.69, 9.17) is 15.6 Å². The molecule has 0 radical (unpaired) electrons. The minimum atomic E-state index is -1.37. The van der Waals surface area contributed by atoms with Crippen molar-refractivity contribution < 1.29 is 35.1 Å². The van der Waals surface area contributed by atoms with Crippen molar-refractivity contribution in [3.05, 3.63) is 101 Å². The Balaban J connectivity index is 0.000000293. The summed E-state index contributed by atoms with van der Waals surface area (Å²) >= 11 is 1.70. The number of hydrogen-bond donors (Lipinski definition) is 6.